The second kappa shape index (κ2) is 7.20. The third-order valence-corrected chi connectivity index (χ3v) is 5.78. The zero-order chi connectivity index (χ0) is 22.5. The minimum Gasteiger partial charge on any atom is -0.457 e. The SMILES string of the molecule is C=CC(=O)Nc1ccc2c(c1)-n1nc(-c3ccc(Oc4ccccc4)cc3)c3c1N(C2)C3=O. The standard InChI is InChI=1S/C26H18N4O3/c1-2-22(31)27-18-11-8-17-15-29-25-23(26(29)32)24(28-30(25)21(17)14-18)16-9-12-20(13-10-16)33-19-6-4-3-5-7-19/h2-14H,1,15H2,(H,27,31). The summed E-state index contributed by atoms with van der Waals surface area (Å²) in [5.41, 5.74) is 4.51. The Morgan fingerprint density at radius 3 is 2.55 bits per heavy atom. The molecule has 0 saturated carbocycles. The molecule has 0 fully saturated rings. The van der Waals surface area contributed by atoms with Crippen LogP contribution in [0.3, 0.4) is 0 Å². The highest BCUT2D eigenvalue weighted by atomic mass is 16.5. The zero-order valence-corrected chi connectivity index (χ0v) is 17.5. The molecule has 0 saturated heterocycles. The number of rotatable bonds is 5. The summed E-state index contributed by atoms with van der Waals surface area (Å²) in [6.07, 6.45) is 1.23. The number of hydrogen-bond donors (Lipinski definition) is 1. The molecule has 3 heterocycles. The first-order valence-corrected chi connectivity index (χ1v) is 10.5. The van der Waals surface area contributed by atoms with Crippen LogP contribution in [0.1, 0.15) is 15.9 Å². The van der Waals surface area contributed by atoms with Crippen molar-refractivity contribution in [2.75, 3.05) is 10.2 Å². The largest absolute Gasteiger partial charge is 0.457 e. The van der Waals surface area contributed by atoms with Crippen molar-refractivity contribution in [2.24, 2.45) is 0 Å². The fraction of sp³-hybridized carbons (Fsp3) is 0.0385. The van der Waals surface area contributed by atoms with Gasteiger partial charge in [-0.05, 0) is 60.2 Å². The van der Waals surface area contributed by atoms with Crippen molar-refractivity contribution in [1.29, 1.82) is 0 Å². The molecule has 7 heteroatoms. The molecule has 0 radical (unpaired) electrons. The smallest absolute Gasteiger partial charge is 0.265 e. The number of anilines is 2. The van der Waals surface area contributed by atoms with Crippen LogP contribution in [0, 0.1) is 0 Å². The zero-order valence-electron chi connectivity index (χ0n) is 17.5. The lowest BCUT2D eigenvalue weighted by atomic mass is 9.98. The van der Waals surface area contributed by atoms with Gasteiger partial charge in [-0.15, -0.1) is 0 Å². The molecule has 3 aromatic carbocycles. The van der Waals surface area contributed by atoms with E-state index in [0.29, 0.717) is 29.2 Å². The Bertz CT molecular complexity index is 1440. The number of hydrogen-bond acceptors (Lipinski definition) is 4. The predicted molar refractivity (Wildman–Crippen MR) is 125 cm³/mol. The highest BCUT2D eigenvalue weighted by Crippen LogP contribution is 2.46. The molecule has 33 heavy (non-hydrogen) atoms. The number of carbonyl (C=O) groups is 2. The second-order valence-electron chi connectivity index (χ2n) is 7.83. The number of aromatic nitrogens is 2. The lowest BCUT2D eigenvalue weighted by molar-refractivity contribution is -0.111. The quantitative estimate of drug-likeness (QED) is 0.452. The molecule has 6 rings (SSSR count). The van der Waals surface area contributed by atoms with Crippen LogP contribution in [0.2, 0.25) is 0 Å². The molecule has 2 aliphatic heterocycles. The molecular formula is C26H18N4O3. The molecule has 0 unspecified atom stereocenters. The van der Waals surface area contributed by atoms with E-state index in [4.69, 9.17) is 9.84 Å². The summed E-state index contributed by atoms with van der Waals surface area (Å²) in [6, 6.07) is 22.7. The predicted octanol–water partition coefficient (Wildman–Crippen LogP) is 4.93. The van der Waals surface area contributed by atoms with Crippen molar-refractivity contribution in [3.8, 4) is 28.4 Å². The fourth-order valence-electron chi connectivity index (χ4n) is 4.19. The van der Waals surface area contributed by atoms with E-state index in [1.807, 2.05) is 72.8 Å². The van der Waals surface area contributed by atoms with Crippen molar-refractivity contribution in [3.63, 3.8) is 0 Å². The first-order chi connectivity index (χ1) is 16.1. The van der Waals surface area contributed by atoms with Crippen LogP contribution >= 0.6 is 0 Å². The van der Waals surface area contributed by atoms with Crippen molar-refractivity contribution >= 4 is 23.3 Å². The van der Waals surface area contributed by atoms with Crippen LogP contribution in [0.5, 0.6) is 11.5 Å². The van der Waals surface area contributed by atoms with Gasteiger partial charge in [0.1, 0.15) is 22.8 Å². The van der Waals surface area contributed by atoms with Gasteiger partial charge in [0.2, 0.25) is 5.91 Å². The lowest BCUT2D eigenvalue weighted by Crippen LogP contribution is -2.43. The molecule has 7 nitrogen and oxygen atoms in total. The molecule has 160 valence electrons. The highest BCUT2D eigenvalue weighted by molar-refractivity contribution is 6.23. The van der Waals surface area contributed by atoms with Crippen molar-refractivity contribution in [1.82, 2.24) is 9.78 Å². The Labute approximate surface area is 189 Å². The molecule has 0 spiro atoms. The maximum atomic E-state index is 12.9. The first kappa shape index (κ1) is 19.1. The second-order valence-corrected chi connectivity index (χ2v) is 7.83. The number of carbonyl (C=O) groups excluding carboxylic acids is 2. The average molecular weight is 434 g/mol. The minimum absolute atomic E-state index is 0.0365. The van der Waals surface area contributed by atoms with Gasteiger partial charge in [-0.1, -0.05) is 30.8 Å². The van der Waals surface area contributed by atoms with Gasteiger partial charge in [-0.25, -0.2) is 4.68 Å². The van der Waals surface area contributed by atoms with Gasteiger partial charge >= 0.3 is 0 Å². The fourth-order valence-corrected chi connectivity index (χ4v) is 4.19. The van der Waals surface area contributed by atoms with Gasteiger partial charge in [-0.3, -0.25) is 14.5 Å². The monoisotopic (exact) mass is 434 g/mol. The van der Waals surface area contributed by atoms with Crippen molar-refractivity contribution in [3.05, 3.63) is 96.6 Å². The first-order valence-electron chi connectivity index (χ1n) is 10.5. The summed E-state index contributed by atoms with van der Waals surface area (Å²) < 4.78 is 7.65. The van der Waals surface area contributed by atoms with Crippen LogP contribution < -0.4 is 15.0 Å². The van der Waals surface area contributed by atoms with E-state index in [0.717, 1.165) is 28.4 Å². The highest BCUT2D eigenvalue weighted by Gasteiger charge is 2.44. The third-order valence-electron chi connectivity index (χ3n) is 5.78. The number of fused-ring (bicyclic) bond motifs is 2. The summed E-state index contributed by atoms with van der Waals surface area (Å²) in [5, 5.41) is 7.57. The number of para-hydroxylation sites is 1. The van der Waals surface area contributed by atoms with Crippen LogP contribution in [-0.2, 0) is 11.3 Å². The summed E-state index contributed by atoms with van der Waals surface area (Å²) in [7, 11) is 0. The van der Waals surface area contributed by atoms with E-state index in [-0.39, 0.29) is 11.8 Å². The van der Waals surface area contributed by atoms with Crippen molar-refractivity contribution in [2.45, 2.75) is 6.54 Å². The molecule has 2 amide bonds. The van der Waals surface area contributed by atoms with Gasteiger partial charge in [0.25, 0.3) is 5.91 Å². The Morgan fingerprint density at radius 1 is 1.03 bits per heavy atom. The van der Waals surface area contributed by atoms with E-state index in [2.05, 4.69) is 11.9 Å². The Kier molecular flexibility index (Phi) is 4.16. The van der Waals surface area contributed by atoms with E-state index in [1.54, 1.807) is 9.58 Å². The number of nitrogens with one attached hydrogen (secondary N) is 1. The van der Waals surface area contributed by atoms with Crippen molar-refractivity contribution < 1.29 is 14.3 Å². The van der Waals surface area contributed by atoms with Gasteiger partial charge in [-0.2, -0.15) is 5.10 Å². The maximum Gasteiger partial charge on any atom is 0.265 e. The number of nitrogens with zero attached hydrogens (tertiary/aromatic N) is 3. The van der Waals surface area contributed by atoms with Gasteiger partial charge in [0, 0.05) is 11.3 Å². The Balaban J connectivity index is 1.37. The van der Waals surface area contributed by atoms with Crippen LogP contribution in [0.4, 0.5) is 11.5 Å². The number of amides is 2. The summed E-state index contributed by atoms with van der Waals surface area (Å²) in [5.74, 6) is 1.92. The molecule has 2 aliphatic rings. The molecule has 0 atom stereocenters. The molecular weight excluding hydrogens is 416 g/mol. The van der Waals surface area contributed by atoms with Gasteiger partial charge in [0.15, 0.2) is 5.82 Å². The number of benzene rings is 3. The maximum absolute atomic E-state index is 12.9. The molecule has 4 aromatic rings. The van der Waals surface area contributed by atoms with Crippen LogP contribution in [0.15, 0.2) is 85.5 Å². The topological polar surface area (TPSA) is 76.5 Å². The molecule has 1 N–H and O–H groups in total. The Morgan fingerprint density at radius 2 is 1.79 bits per heavy atom. The molecule has 0 bridgehead atoms. The van der Waals surface area contributed by atoms with Gasteiger partial charge < -0.3 is 10.1 Å². The molecule has 1 aromatic heterocycles. The number of ether oxygens (including phenoxy) is 1. The van der Waals surface area contributed by atoms with E-state index < -0.39 is 0 Å². The van der Waals surface area contributed by atoms with E-state index in [1.165, 1.54) is 6.08 Å². The van der Waals surface area contributed by atoms with Crippen LogP contribution in [-0.4, -0.2) is 21.6 Å². The summed E-state index contributed by atoms with van der Waals surface area (Å²) >= 11 is 0. The minimum atomic E-state index is -0.283. The summed E-state index contributed by atoms with van der Waals surface area (Å²) in [4.78, 5) is 26.3. The molecule has 0 aliphatic carbocycles. The van der Waals surface area contributed by atoms with Gasteiger partial charge in [0.05, 0.1) is 12.2 Å². The van der Waals surface area contributed by atoms with E-state index >= 15 is 0 Å². The normalized spacial score (nSPS) is 13.0. The Hall–Kier alpha value is -4.65. The average Bonchev–Trinajstić information content (AvgIpc) is 3.23. The summed E-state index contributed by atoms with van der Waals surface area (Å²) in [6.45, 7) is 3.97. The lowest BCUT2D eigenvalue weighted by Gasteiger charge is -2.36. The third kappa shape index (κ3) is 3.02. The van der Waals surface area contributed by atoms with Crippen LogP contribution in [0.25, 0.3) is 16.9 Å². The van der Waals surface area contributed by atoms with E-state index in [9.17, 15) is 9.59 Å².